The summed E-state index contributed by atoms with van der Waals surface area (Å²) in [7, 11) is 1.51. The van der Waals surface area contributed by atoms with Gasteiger partial charge in [-0.1, -0.05) is 30.4 Å². The maximum atomic E-state index is 13.2. The molecule has 2 aromatic heterocycles. The molecule has 6 rings (SSSR count). The van der Waals surface area contributed by atoms with Crippen molar-refractivity contribution < 1.29 is 23.5 Å². The third-order valence-electron chi connectivity index (χ3n) is 7.09. The summed E-state index contributed by atoms with van der Waals surface area (Å²) in [6.07, 6.45) is 6.27. The van der Waals surface area contributed by atoms with Crippen LogP contribution in [0.1, 0.15) is 31.4 Å². The zero-order valence-electron chi connectivity index (χ0n) is 18.3. The van der Waals surface area contributed by atoms with Crippen molar-refractivity contribution in [3.8, 4) is 22.8 Å². The Morgan fingerprint density at radius 2 is 2.03 bits per heavy atom. The summed E-state index contributed by atoms with van der Waals surface area (Å²) >= 11 is 6.82. The minimum atomic E-state index is -0.723. The first-order valence-corrected chi connectivity index (χ1v) is 12.4. The lowest BCUT2D eigenvalue weighted by atomic mass is 9.94. The molecule has 1 aromatic carbocycles. The molecule has 34 heavy (non-hydrogen) atoms. The Hall–Kier alpha value is -3.04. The molecule has 3 atom stereocenters. The highest BCUT2D eigenvalue weighted by Gasteiger charge is 2.48. The number of hydrogen-bond acceptors (Lipinski definition) is 8. The van der Waals surface area contributed by atoms with E-state index in [1.54, 1.807) is 41.3 Å². The van der Waals surface area contributed by atoms with Gasteiger partial charge in [0, 0.05) is 12.1 Å². The van der Waals surface area contributed by atoms with Gasteiger partial charge in [-0.05, 0) is 61.4 Å². The average Bonchev–Trinajstić information content (AvgIpc) is 3.60. The average molecular weight is 496 g/mol. The smallest absolute Gasteiger partial charge is 0.351 e. The van der Waals surface area contributed by atoms with Crippen molar-refractivity contribution in [2.24, 2.45) is 11.8 Å². The van der Waals surface area contributed by atoms with Crippen LogP contribution in [0, 0.1) is 11.8 Å². The van der Waals surface area contributed by atoms with Crippen molar-refractivity contribution in [2.45, 2.75) is 31.7 Å². The number of furan rings is 1. The number of carbonyl (C=O) groups is 1. The van der Waals surface area contributed by atoms with Crippen LogP contribution in [0.2, 0.25) is 0 Å². The molecule has 0 spiro atoms. The van der Waals surface area contributed by atoms with Crippen molar-refractivity contribution in [1.29, 1.82) is 0 Å². The third-order valence-corrected chi connectivity index (χ3v) is 8.42. The van der Waals surface area contributed by atoms with Gasteiger partial charge in [-0.15, -0.1) is 0 Å². The molecule has 3 heterocycles. The van der Waals surface area contributed by atoms with Gasteiger partial charge in [0.15, 0.2) is 0 Å². The number of methoxy groups -OCH3 is 1. The summed E-state index contributed by atoms with van der Waals surface area (Å²) in [5.74, 6) is 1.94. The van der Waals surface area contributed by atoms with Gasteiger partial charge in [-0.3, -0.25) is 9.69 Å². The largest absolute Gasteiger partial charge is 0.506 e. The molecule has 1 aliphatic heterocycles. The van der Waals surface area contributed by atoms with Crippen LogP contribution < -0.4 is 10.4 Å². The number of thioether (sulfide) groups is 1. The van der Waals surface area contributed by atoms with Crippen LogP contribution in [0.3, 0.4) is 0 Å². The van der Waals surface area contributed by atoms with E-state index in [1.807, 2.05) is 0 Å². The van der Waals surface area contributed by atoms with Crippen LogP contribution in [-0.4, -0.2) is 33.4 Å². The maximum Gasteiger partial charge on any atom is 0.351 e. The normalized spacial score (nSPS) is 25.3. The monoisotopic (exact) mass is 495 g/mol. The number of ether oxygens (including phenoxy) is 1. The first kappa shape index (κ1) is 21.5. The first-order valence-electron chi connectivity index (χ1n) is 11.1. The molecule has 7 nitrogen and oxygen atoms in total. The van der Waals surface area contributed by atoms with E-state index in [0.717, 1.165) is 12.8 Å². The number of aromatic hydroxyl groups is 1. The van der Waals surface area contributed by atoms with Gasteiger partial charge in [0.05, 0.1) is 17.4 Å². The summed E-state index contributed by atoms with van der Waals surface area (Å²) in [5, 5.41) is 11.1. The predicted molar refractivity (Wildman–Crippen MR) is 133 cm³/mol. The number of benzene rings is 1. The first-order chi connectivity index (χ1) is 16.4. The lowest BCUT2D eigenvalue weighted by Crippen LogP contribution is -2.41. The number of nitrogens with zero attached hydrogens (tertiary/aromatic N) is 1. The number of hydrogen-bond donors (Lipinski definition) is 1. The van der Waals surface area contributed by atoms with Gasteiger partial charge in [0.1, 0.15) is 38.5 Å². The van der Waals surface area contributed by atoms with E-state index >= 15 is 0 Å². The van der Waals surface area contributed by atoms with Crippen molar-refractivity contribution >= 4 is 51.3 Å². The topological polar surface area (TPSA) is 93.1 Å². The van der Waals surface area contributed by atoms with Crippen molar-refractivity contribution in [3.05, 3.63) is 51.4 Å². The maximum absolute atomic E-state index is 13.2. The predicted octanol–water partition coefficient (Wildman–Crippen LogP) is 5.16. The lowest BCUT2D eigenvalue weighted by Gasteiger charge is -2.30. The Bertz CT molecular complexity index is 1440. The van der Waals surface area contributed by atoms with Crippen LogP contribution in [0.4, 0.5) is 0 Å². The minimum absolute atomic E-state index is 0.0880. The van der Waals surface area contributed by atoms with Gasteiger partial charge in [0.2, 0.25) is 0 Å². The minimum Gasteiger partial charge on any atom is -0.506 e. The number of carbonyl (C=O) groups excluding carboxylic acids is 1. The van der Waals surface area contributed by atoms with Crippen LogP contribution in [-0.2, 0) is 4.79 Å². The van der Waals surface area contributed by atoms with E-state index in [-0.39, 0.29) is 34.6 Å². The van der Waals surface area contributed by atoms with E-state index in [2.05, 4.69) is 0 Å². The SMILES string of the molecule is COc1ccc2oc(=O)c(-c3ccc(/C=C4/SC(=S)N(C5CC6CCC5C6)C4=O)o3)c(O)c2c1. The molecule has 2 saturated carbocycles. The molecule has 3 aromatic rings. The van der Waals surface area contributed by atoms with Gasteiger partial charge >= 0.3 is 5.63 Å². The second-order valence-corrected chi connectivity index (χ2v) is 10.6. The summed E-state index contributed by atoms with van der Waals surface area (Å²) in [4.78, 5) is 28.0. The summed E-state index contributed by atoms with van der Waals surface area (Å²) in [6.45, 7) is 0. The van der Waals surface area contributed by atoms with Crippen LogP contribution >= 0.6 is 24.0 Å². The molecule has 1 amide bonds. The van der Waals surface area contributed by atoms with Crippen LogP contribution in [0.15, 0.2) is 48.9 Å². The number of amides is 1. The number of rotatable bonds is 4. The highest BCUT2D eigenvalue weighted by Crippen LogP contribution is 2.49. The zero-order chi connectivity index (χ0) is 23.6. The summed E-state index contributed by atoms with van der Waals surface area (Å²) in [5.41, 5.74) is -0.572. The Kier molecular flexibility index (Phi) is 5.07. The van der Waals surface area contributed by atoms with E-state index in [9.17, 15) is 14.7 Å². The van der Waals surface area contributed by atoms with Crippen LogP contribution in [0.5, 0.6) is 11.5 Å². The third kappa shape index (κ3) is 3.37. The Balaban J connectivity index is 1.32. The molecule has 1 N–H and O–H groups in total. The molecule has 1 saturated heterocycles. The standard InChI is InChI=1S/C25H21NO6S2/c1-30-14-4-6-18-16(10-14)22(27)21(24(29)32-18)19-7-5-15(31-19)11-20-23(28)26(25(33)34-20)17-9-12-2-3-13(17)8-12/h4-7,10-13,17,27H,2-3,8-9H2,1H3/b20-11+. The lowest BCUT2D eigenvalue weighted by molar-refractivity contribution is -0.124. The van der Waals surface area contributed by atoms with E-state index < -0.39 is 5.63 Å². The van der Waals surface area contributed by atoms with E-state index in [0.29, 0.717) is 38.0 Å². The van der Waals surface area contributed by atoms with Gasteiger partial charge in [0.25, 0.3) is 5.91 Å². The second kappa shape index (κ2) is 8.02. The summed E-state index contributed by atoms with van der Waals surface area (Å²) in [6, 6.07) is 8.20. The van der Waals surface area contributed by atoms with Gasteiger partial charge in [-0.25, -0.2) is 4.79 Å². The fourth-order valence-electron chi connectivity index (χ4n) is 5.50. The fourth-order valence-corrected chi connectivity index (χ4v) is 6.85. The summed E-state index contributed by atoms with van der Waals surface area (Å²) < 4.78 is 17.0. The Morgan fingerprint density at radius 1 is 1.18 bits per heavy atom. The molecule has 3 unspecified atom stereocenters. The van der Waals surface area contributed by atoms with Crippen molar-refractivity contribution in [3.63, 3.8) is 0 Å². The fraction of sp³-hybridized carbons (Fsp3) is 0.320. The number of thiocarbonyl (C=S) groups is 1. The van der Waals surface area contributed by atoms with Gasteiger partial charge in [-0.2, -0.15) is 0 Å². The highest BCUT2D eigenvalue weighted by atomic mass is 32.2. The van der Waals surface area contributed by atoms with Crippen molar-refractivity contribution in [1.82, 2.24) is 4.90 Å². The second-order valence-electron chi connectivity index (χ2n) is 8.97. The molecular weight excluding hydrogens is 474 g/mol. The molecule has 3 fully saturated rings. The Labute approximate surface area is 204 Å². The van der Waals surface area contributed by atoms with Gasteiger partial charge < -0.3 is 18.7 Å². The number of fused-ring (bicyclic) bond motifs is 3. The zero-order valence-corrected chi connectivity index (χ0v) is 19.9. The molecular formula is C25H21NO6S2. The molecule has 2 bridgehead atoms. The molecule has 9 heteroatoms. The van der Waals surface area contributed by atoms with Crippen LogP contribution in [0.25, 0.3) is 28.4 Å². The molecule has 0 radical (unpaired) electrons. The Morgan fingerprint density at radius 3 is 2.76 bits per heavy atom. The molecule has 2 aliphatic carbocycles. The molecule has 3 aliphatic rings. The highest BCUT2D eigenvalue weighted by molar-refractivity contribution is 8.26. The van der Waals surface area contributed by atoms with E-state index in [1.165, 1.54) is 31.7 Å². The molecule has 174 valence electrons. The van der Waals surface area contributed by atoms with Crippen molar-refractivity contribution in [2.75, 3.05) is 7.11 Å². The van der Waals surface area contributed by atoms with E-state index in [4.69, 9.17) is 25.8 Å². The quantitative estimate of drug-likeness (QED) is 0.302.